The largest absolute Gasteiger partial charge is 0.390 e. The highest BCUT2D eigenvalue weighted by Crippen LogP contribution is 2.27. The number of carbonyl (C=O) groups is 1. The second kappa shape index (κ2) is 6.98. The van der Waals surface area contributed by atoms with E-state index in [1.165, 1.54) is 0 Å². The fraction of sp³-hybridized carbons (Fsp3) is 0.381. The lowest BCUT2D eigenvalue weighted by atomic mass is 9.96. The van der Waals surface area contributed by atoms with Gasteiger partial charge in [0.15, 0.2) is 0 Å². The van der Waals surface area contributed by atoms with Crippen molar-refractivity contribution in [2.24, 2.45) is 0 Å². The number of β-amino-alcohol motifs (C(OH)–C–C–N with tert-alkyl or cyclic N) is 1. The Bertz CT molecular complexity index is 764. The molecule has 0 spiro atoms. The molecule has 0 aromatic heterocycles. The molecule has 0 saturated heterocycles. The zero-order valence-electron chi connectivity index (χ0n) is 14.8. The van der Waals surface area contributed by atoms with Gasteiger partial charge in [-0.15, -0.1) is 0 Å². The average Bonchev–Trinajstić information content (AvgIpc) is 2.59. The minimum absolute atomic E-state index is 0.0707. The van der Waals surface area contributed by atoms with Crippen LogP contribution in [0.15, 0.2) is 48.5 Å². The normalized spacial score (nSPS) is 17.3. The first-order valence-electron chi connectivity index (χ1n) is 8.70. The van der Waals surface area contributed by atoms with Crippen LogP contribution >= 0.6 is 0 Å². The van der Waals surface area contributed by atoms with E-state index < -0.39 is 11.7 Å². The number of benzene rings is 2. The van der Waals surface area contributed by atoms with Crippen molar-refractivity contribution >= 4 is 5.91 Å². The quantitative estimate of drug-likeness (QED) is 0.900. The maximum absolute atomic E-state index is 12.9. The summed E-state index contributed by atoms with van der Waals surface area (Å²) in [6, 6.07) is 15.3. The molecule has 3 rings (SSSR count). The van der Waals surface area contributed by atoms with E-state index in [9.17, 15) is 15.0 Å². The molecule has 1 amide bonds. The predicted molar refractivity (Wildman–Crippen MR) is 97.2 cm³/mol. The van der Waals surface area contributed by atoms with Crippen molar-refractivity contribution in [3.8, 4) is 0 Å². The van der Waals surface area contributed by atoms with Crippen LogP contribution in [0.3, 0.4) is 0 Å². The fourth-order valence-corrected chi connectivity index (χ4v) is 3.23. The van der Waals surface area contributed by atoms with Gasteiger partial charge in [-0.25, -0.2) is 0 Å². The third kappa shape index (κ3) is 4.27. The van der Waals surface area contributed by atoms with Crippen LogP contribution in [0.5, 0.6) is 0 Å². The van der Waals surface area contributed by atoms with Crippen molar-refractivity contribution in [2.75, 3.05) is 6.54 Å². The van der Waals surface area contributed by atoms with Crippen LogP contribution in [0.4, 0.5) is 0 Å². The summed E-state index contributed by atoms with van der Waals surface area (Å²) in [5.41, 5.74) is 2.84. The van der Waals surface area contributed by atoms with Gasteiger partial charge in [-0.3, -0.25) is 4.79 Å². The number of aliphatic hydroxyl groups excluding tert-OH is 1. The molecule has 0 bridgehead atoms. The van der Waals surface area contributed by atoms with E-state index in [-0.39, 0.29) is 5.91 Å². The summed E-state index contributed by atoms with van der Waals surface area (Å²) in [6.45, 7) is 4.40. The number of carbonyl (C=O) groups excluding carboxylic acids is 1. The topological polar surface area (TPSA) is 60.8 Å². The Morgan fingerprint density at radius 1 is 1.20 bits per heavy atom. The molecule has 0 unspecified atom stereocenters. The lowest BCUT2D eigenvalue weighted by molar-refractivity contribution is 0.0550. The maximum Gasteiger partial charge on any atom is 0.254 e. The van der Waals surface area contributed by atoms with Crippen molar-refractivity contribution < 1.29 is 15.0 Å². The van der Waals surface area contributed by atoms with Crippen LogP contribution < -0.4 is 0 Å². The van der Waals surface area contributed by atoms with Crippen LogP contribution in [0.1, 0.15) is 53.4 Å². The molecule has 1 aliphatic heterocycles. The van der Waals surface area contributed by atoms with Crippen molar-refractivity contribution in [2.45, 2.75) is 44.9 Å². The van der Waals surface area contributed by atoms with Gasteiger partial charge >= 0.3 is 0 Å². The van der Waals surface area contributed by atoms with Crippen LogP contribution in [0.2, 0.25) is 0 Å². The smallest absolute Gasteiger partial charge is 0.254 e. The van der Waals surface area contributed by atoms with Crippen LogP contribution in [0, 0.1) is 0 Å². The Kier molecular flexibility index (Phi) is 4.93. The van der Waals surface area contributed by atoms with Gasteiger partial charge in [-0.1, -0.05) is 36.4 Å². The summed E-state index contributed by atoms with van der Waals surface area (Å²) in [4.78, 5) is 14.6. The monoisotopic (exact) mass is 339 g/mol. The second-order valence-corrected chi connectivity index (χ2v) is 7.41. The lowest BCUT2D eigenvalue weighted by Gasteiger charge is -2.32. The summed E-state index contributed by atoms with van der Waals surface area (Å²) < 4.78 is 0. The Balaban J connectivity index is 1.75. The molecule has 1 atom stereocenters. The summed E-state index contributed by atoms with van der Waals surface area (Å²) in [6.07, 6.45) is 0.712. The SMILES string of the molecule is CC(C)(O)CCc1cccc(C(=O)N2Cc3ccccc3[C@H](O)C2)c1. The van der Waals surface area contributed by atoms with Crippen molar-refractivity contribution in [3.63, 3.8) is 0 Å². The second-order valence-electron chi connectivity index (χ2n) is 7.41. The van der Waals surface area contributed by atoms with Crippen LogP contribution in [-0.4, -0.2) is 33.2 Å². The molecule has 132 valence electrons. The molecule has 0 aliphatic carbocycles. The van der Waals surface area contributed by atoms with E-state index in [0.29, 0.717) is 25.1 Å². The number of fused-ring (bicyclic) bond motifs is 1. The van der Waals surface area contributed by atoms with Crippen molar-refractivity contribution in [3.05, 3.63) is 70.8 Å². The summed E-state index contributed by atoms with van der Waals surface area (Å²) in [7, 11) is 0. The van der Waals surface area contributed by atoms with Crippen LogP contribution in [-0.2, 0) is 13.0 Å². The number of hydrogen-bond donors (Lipinski definition) is 2. The highest BCUT2D eigenvalue weighted by atomic mass is 16.3. The van der Waals surface area contributed by atoms with E-state index in [4.69, 9.17) is 0 Å². The molecule has 2 aromatic carbocycles. The first-order valence-corrected chi connectivity index (χ1v) is 8.70. The summed E-state index contributed by atoms with van der Waals surface area (Å²) >= 11 is 0. The van der Waals surface area contributed by atoms with E-state index in [0.717, 1.165) is 23.1 Å². The minimum Gasteiger partial charge on any atom is -0.390 e. The van der Waals surface area contributed by atoms with Crippen LogP contribution in [0.25, 0.3) is 0 Å². The molecule has 4 nitrogen and oxygen atoms in total. The zero-order valence-corrected chi connectivity index (χ0v) is 14.8. The molecule has 0 fully saturated rings. The lowest BCUT2D eigenvalue weighted by Crippen LogP contribution is -2.38. The van der Waals surface area contributed by atoms with Crippen molar-refractivity contribution in [1.29, 1.82) is 0 Å². The Hall–Kier alpha value is -2.17. The van der Waals surface area contributed by atoms with E-state index in [1.807, 2.05) is 48.5 Å². The molecule has 0 radical (unpaired) electrons. The fourth-order valence-electron chi connectivity index (χ4n) is 3.23. The first-order chi connectivity index (χ1) is 11.8. The number of nitrogens with zero attached hydrogens (tertiary/aromatic N) is 1. The van der Waals surface area contributed by atoms with E-state index >= 15 is 0 Å². The van der Waals surface area contributed by atoms with Gasteiger partial charge in [0, 0.05) is 12.1 Å². The number of amides is 1. The Morgan fingerprint density at radius 2 is 1.96 bits per heavy atom. The highest BCUT2D eigenvalue weighted by Gasteiger charge is 2.27. The Morgan fingerprint density at radius 3 is 2.72 bits per heavy atom. The highest BCUT2D eigenvalue weighted by molar-refractivity contribution is 5.94. The molecule has 25 heavy (non-hydrogen) atoms. The molecule has 1 aliphatic rings. The third-order valence-electron chi connectivity index (χ3n) is 4.66. The molecule has 0 saturated carbocycles. The zero-order chi connectivity index (χ0) is 18.0. The van der Waals surface area contributed by atoms with Gasteiger partial charge < -0.3 is 15.1 Å². The minimum atomic E-state index is -0.722. The Labute approximate surface area is 148 Å². The number of rotatable bonds is 4. The van der Waals surface area contributed by atoms with Gasteiger partial charge in [-0.2, -0.15) is 0 Å². The maximum atomic E-state index is 12.9. The van der Waals surface area contributed by atoms with Gasteiger partial charge in [0.25, 0.3) is 5.91 Å². The molecule has 2 N–H and O–H groups in total. The molecular weight excluding hydrogens is 314 g/mol. The third-order valence-corrected chi connectivity index (χ3v) is 4.66. The molecule has 4 heteroatoms. The van der Waals surface area contributed by atoms with Gasteiger partial charge in [0.2, 0.25) is 0 Å². The molecule has 2 aromatic rings. The van der Waals surface area contributed by atoms with E-state index in [1.54, 1.807) is 18.7 Å². The number of aryl methyl sites for hydroxylation is 1. The van der Waals surface area contributed by atoms with E-state index in [2.05, 4.69) is 0 Å². The number of hydrogen-bond acceptors (Lipinski definition) is 3. The van der Waals surface area contributed by atoms with Gasteiger partial charge in [0.05, 0.1) is 18.2 Å². The summed E-state index contributed by atoms with van der Waals surface area (Å²) in [5, 5.41) is 20.2. The molecular formula is C21H25NO3. The van der Waals surface area contributed by atoms with Crippen molar-refractivity contribution in [1.82, 2.24) is 4.90 Å². The summed E-state index contributed by atoms with van der Waals surface area (Å²) in [5.74, 6) is -0.0707. The predicted octanol–water partition coefficient (Wildman–Crippen LogP) is 3.08. The average molecular weight is 339 g/mol. The standard InChI is InChI=1S/C21H25NO3/c1-21(2,25)11-10-15-6-5-8-16(12-15)20(24)22-13-17-7-3-4-9-18(17)19(23)14-22/h3-9,12,19,23,25H,10-11,13-14H2,1-2H3/t19-/m1/s1. The molecule has 1 heterocycles. The van der Waals surface area contributed by atoms with Gasteiger partial charge in [-0.05, 0) is 55.5 Å². The first kappa shape index (κ1) is 17.6. The number of aliphatic hydroxyl groups is 2. The van der Waals surface area contributed by atoms with Gasteiger partial charge in [0.1, 0.15) is 0 Å².